The van der Waals surface area contributed by atoms with Crippen molar-refractivity contribution < 1.29 is 9.59 Å². The summed E-state index contributed by atoms with van der Waals surface area (Å²) in [6.07, 6.45) is 0.410. The molecule has 2 aliphatic rings. The molecule has 1 saturated heterocycles. The highest BCUT2D eigenvalue weighted by Gasteiger charge is 2.42. The molecule has 76 valence electrons. The van der Waals surface area contributed by atoms with Crippen LogP contribution in [0.2, 0.25) is 0 Å². The van der Waals surface area contributed by atoms with Crippen LogP contribution in [0.3, 0.4) is 0 Å². The van der Waals surface area contributed by atoms with Crippen LogP contribution >= 0.6 is 21.6 Å². The van der Waals surface area contributed by atoms with Crippen LogP contribution in [0.1, 0.15) is 13.3 Å². The third-order valence-corrected chi connectivity index (χ3v) is 4.57. The normalized spacial score (nSPS) is 29.5. The molecule has 6 heteroatoms. The molecule has 0 bridgehead atoms. The number of nitrogens with one attached hydrogen (secondary N) is 2. The molecule has 2 unspecified atom stereocenters. The Hall–Kier alpha value is -0.620. The Balaban J connectivity index is 2.08. The molecular weight excluding hydrogens is 220 g/mol. The van der Waals surface area contributed by atoms with E-state index in [0.717, 1.165) is 5.70 Å². The zero-order valence-corrected chi connectivity index (χ0v) is 9.21. The van der Waals surface area contributed by atoms with Crippen LogP contribution in [0, 0.1) is 0 Å². The van der Waals surface area contributed by atoms with E-state index in [9.17, 15) is 9.59 Å². The standard InChI is InChI=1S/C8H10N2O2S2/c1-2-5(11)10-6-7-4(3-13-14-7)9-8(6)12/h3,6-7H,2H2,1H3,(H,9,12)(H,10,11). The Labute approximate surface area is 89.7 Å². The number of carbonyl (C=O) groups is 2. The van der Waals surface area contributed by atoms with Crippen LogP contribution in [0.25, 0.3) is 0 Å². The monoisotopic (exact) mass is 230 g/mol. The molecule has 4 nitrogen and oxygen atoms in total. The van der Waals surface area contributed by atoms with E-state index in [1.807, 2.05) is 5.41 Å². The number of amides is 2. The lowest BCUT2D eigenvalue weighted by Gasteiger charge is -2.13. The maximum atomic E-state index is 11.5. The van der Waals surface area contributed by atoms with Crippen molar-refractivity contribution in [2.24, 2.45) is 0 Å². The third-order valence-electron chi connectivity index (χ3n) is 2.13. The van der Waals surface area contributed by atoms with Crippen molar-refractivity contribution in [2.75, 3.05) is 0 Å². The van der Waals surface area contributed by atoms with Crippen LogP contribution in [0.5, 0.6) is 0 Å². The summed E-state index contributed by atoms with van der Waals surface area (Å²) in [4.78, 5) is 22.6. The minimum absolute atomic E-state index is 0.0722. The molecule has 2 atom stereocenters. The molecular formula is C8H10N2O2S2. The summed E-state index contributed by atoms with van der Waals surface area (Å²) in [5.41, 5.74) is 0.923. The second-order valence-electron chi connectivity index (χ2n) is 3.07. The number of carbonyl (C=O) groups excluding carboxylic acids is 2. The summed E-state index contributed by atoms with van der Waals surface area (Å²) in [5, 5.41) is 7.48. The molecule has 0 saturated carbocycles. The molecule has 14 heavy (non-hydrogen) atoms. The summed E-state index contributed by atoms with van der Waals surface area (Å²) in [7, 11) is 3.20. The summed E-state index contributed by atoms with van der Waals surface area (Å²) in [6.45, 7) is 1.77. The van der Waals surface area contributed by atoms with E-state index >= 15 is 0 Å². The molecule has 2 aliphatic heterocycles. The lowest BCUT2D eigenvalue weighted by molar-refractivity contribution is -0.127. The van der Waals surface area contributed by atoms with Gasteiger partial charge in [0, 0.05) is 17.5 Å². The first kappa shape index (κ1) is 9.92. The van der Waals surface area contributed by atoms with E-state index in [-0.39, 0.29) is 17.1 Å². The highest BCUT2D eigenvalue weighted by atomic mass is 33.1. The van der Waals surface area contributed by atoms with Crippen LogP contribution in [0.4, 0.5) is 0 Å². The topological polar surface area (TPSA) is 58.2 Å². The van der Waals surface area contributed by atoms with E-state index in [2.05, 4.69) is 10.6 Å². The zero-order chi connectivity index (χ0) is 10.1. The van der Waals surface area contributed by atoms with Gasteiger partial charge in [-0.1, -0.05) is 28.5 Å². The van der Waals surface area contributed by atoms with Crippen molar-refractivity contribution in [2.45, 2.75) is 24.6 Å². The van der Waals surface area contributed by atoms with Gasteiger partial charge in [-0.25, -0.2) is 0 Å². The van der Waals surface area contributed by atoms with Gasteiger partial charge in [-0.3, -0.25) is 9.59 Å². The highest BCUT2D eigenvalue weighted by Crippen LogP contribution is 2.43. The SMILES string of the molecule is CCC(=O)NC1C(=O)NC2=CSSC21. The highest BCUT2D eigenvalue weighted by molar-refractivity contribution is 8.78. The van der Waals surface area contributed by atoms with E-state index in [4.69, 9.17) is 0 Å². The van der Waals surface area contributed by atoms with Crippen molar-refractivity contribution in [3.8, 4) is 0 Å². The van der Waals surface area contributed by atoms with Crippen LogP contribution < -0.4 is 10.6 Å². The van der Waals surface area contributed by atoms with Crippen molar-refractivity contribution >= 4 is 33.4 Å². The van der Waals surface area contributed by atoms with Crippen molar-refractivity contribution in [3.05, 3.63) is 11.1 Å². The molecule has 2 rings (SSSR count). The quantitative estimate of drug-likeness (QED) is 0.683. The Kier molecular flexibility index (Phi) is 2.73. The first-order chi connectivity index (χ1) is 6.72. The minimum Gasteiger partial charge on any atom is -0.343 e. The molecule has 0 aromatic rings. The second kappa shape index (κ2) is 3.86. The Morgan fingerprint density at radius 3 is 3.21 bits per heavy atom. The van der Waals surface area contributed by atoms with E-state index in [0.29, 0.717) is 6.42 Å². The Bertz CT molecular complexity index is 316. The molecule has 0 aromatic carbocycles. The molecule has 2 N–H and O–H groups in total. The van der Waals surface area contributed by atoms with Crippen LogP contribution in [-0.4, -0.2) is 23.1 Å². The first-order valence-corrected chi connectivity index (χ1v) is 6.62. The average molecular weight is 230 g/mol. The molecule has 1 fully saturated rings. The van der Waals surface area contributed by atoms with E-state index in [1.165, 1.54) is 0 Å². The van der Waals surface area contributed by atoms with Gasteiger partial charge in [-0.05, 0) is 0 Å². The molecule has 0 radical (unpaired) electrons. The summed E-state index contributed by atoms with van der Waals surface area (Å²) in [5.74, 6) is -0.181. The van der Waals surface area contributed by atoms with Gasteiger partial charge in [0.05, 0.1) is 5.25 Å². The van der Waals surface area contributed by atoms with Crippen LogP contribution in [0.15, 0.2) is 11.1 Å². The second-order valence-corrected chi connectivity index (χ2v) is 5.36. The maximum absolute atomic E-state index is 11.5. The van der Waals surface area contributed by atoms with Crippen LogP contribution in [-0.2, 0) is 9.59 Å². The Morgan fingerprint density at radius 1 is 1.71 bits per heavy atom. The smallest absolute Gasteiger partial charge is 0.248 e. The number of rotatable bonds is 2. The zero-order valence-electron chi connectivity index (χ0n) is 7.57. The number of hydrogen-bond donors (Lipinski definition) is 2. The van der Waals surface area contributed by atoms with E-state index < -0.39 is 6.04 Å². The summed E-state index contributed by atoms with van der Waals surface area (Å²) < 4.78 is 0. The molecule has 2 amide bonds. The van der Waals surface area contributed by atoms with Gasteiger partial charge in [0.1, 0.15) is 6.04 Å². The molecule has 0 spiro atoms. The van der Waals surface area contributed by atoms with Gasteiger partial charge in [0.15, 0.2) is 0 Å². The summed E-state index contributed by atoms with van der Waals surface area (Å²) >= 11 is 0. The molecule has 2 heterocycles. The average Bonchev–Trinajstić information content (AvgIpc) is 2.70. The lowest BCUT2D eigenvalue weighted by atomic mass is 10.2. The Morgan fingerprint density at radius 2 is 2.50 bits per heavy atom. The van der Waals surface area contributed by atoms with Gasteiger partial charge >= 0.3 is 0 Å². The van der Waals surface area contributed by atoms with Gasteiger partial charge in [-0.15, -0.1) is 0 Å². The van der Waals surface area contributed by atoms with Crippen molar-refractivity contribution in [3.63, 3.8) is 0 Å². The molecule has 0 aromatic heterocycles. The number of hydrogen-bond acceptors (Lipinski definition) is 4. The van der Waals surface area contributed by atoms with Gasteiger partial charge in [0.25, 0.3) is 0 Å². The maximum Gasteiger partial charge on any atom is 0.248 e. The first-order valence-electron chi connectivity index (χ1n) is 4.35. The summed E-state index contributed by atoms with van der Waals surface area (Å²) in [6, 6.07) is -0.395. The number of fused-ring (bicyclic) bond motifs is 1. The fourth-order valence-electron chi connectivity index (χ4n) is 1.37. The largest absolute Gasteiger partial charge is 0.343 e. The molecule has 0 aliphatic carbocycles. The van der Waals surface area contributed by atoms with Crippen molar-refractivity contribution in [1.82, 2.24) is 10.6 Å². The van der Waals surface area contributed by atoms with Crippen molar-refractivity contribution in [1.29, 1.82) is 0 Å². The lowest BCUT2D eigenvalue weighted by Crippen LogP contribution is -2.43. The predicted molar refractivity (Wildman–Crippen MR) is 57.4 cm³/mol. The van der Waals surface area contributed by atoms with Gasteiger partial charge in [-0.2, -0.15) is 0 Å². The third kappa shape index (κ3) is 1.64. The minimum atomic E-state index is -0.395. The fourth-order valence-corrected chi connectivity index (χ4v) is 3.95. The van der Waals surface area contributed by atoms with E-state index in [1.54, 1.807) is 28.5 Å². The van der Waals surface area contributed by atoms with Gasteiger partial charge in [0.2, 0.25) is 11.8 Å². The predicted octanol–water partition coefficient (Wildman–Crippen LogP) is 0.616. The fraction of sp³-hybridized carbons (Fsp3) is 0.500. The van der Waals surface area contributed by atoms with Gasteiger partial charge < -0.3 is 10.6 Å².